The minimum absolute atomic E-state index is 0.525. The zero-order valence-electron chi connectivity index (χ0n) is 12.9. The van der Waals surface area contributed by atoms with Crippen LogP contribution in [-0.2, 0) is 0 Å². The van der Waals surface area contributed by atoms with Crippen LogP contribution in [0.3, 0.4) is 0 Å². The van der Waals surface area contributed by atoms with E-state index in [-0.39, 0.29) is 0 Å². The lowest BCUT2D eigenvalue weighted by Gasteiger charge is -2.43. The van der Waals surface area contributed by atoms with E-state index in [0.717, 1.165) is 24.9 Å². The summed E-state index contributed by atoms with van der Waals surface area (Å²) in [5, 5.41) is 7.56. The van der Waals surface area contributed by atoms with Crippen LogP contribution in [0, 0.1) is 11.8 Å². The van der Waals surface area contributed by atoms with E-state index in [9.17, 15) is 0 Å². The summed E-state index contributed by atoms with van der Waals surface area (Å²) in [6.45, 7) is 2.30. The van der Waals surface area contributed by atoms with Gasteiger partial charge in [-0.3, -0.25) is 0 Å². The van der Waals surface area contributed by atoms with E-state index in [1.54, 1.807) is 0 Å². The Morgan fingerprint density at radius 3 is 1.41 bits per heavy atom. The van der Waals surface area contributed by atoms with Crippen LogP contribution in [-0.4, -0.2) is 13.1 Å². The minimum atomic E-state index is 0.525. The molecule has 4 atom stereocenters. The maximum Gasteiger partial charge on any atom is 0.0323 e. The van der Waals surface area contributed by atoms with Gasteiger partial charge in [0.1, 0.15) is 0 Å². The van der Waals surface area contributed by atoms with Crippen molar-refractivity contribution in [2.24, 2.45) is 11.8 Å². The predicted octanol–water partition coefficient (Wildman–Crippen LogP) is 3.69. The minimum Gasteiger partial charge on any atom is -0.310 e. The van der Waals surface area contributed by atoms with Gasteiger partial charge in [0.2, 0.25) is 0 Å². The van der Waals surface area contributed by atoms with Gasteiger partial charge in [0.15, 0.2) is 0 Å². The van der Waals surface area contributed by atoms with Gasteiger partial charge in [-0.15, -0.1) is 0 Å². The van der Waals surface area contributed by atoms with Crippen molar-refractivity contribution >= 4 is 0 Å². The molecule has 2 aromatic rings. The van der Waals surface area contributed by atoms with E-state index in [1.807, 2.05) is 0 Å². The molecule has 0 saturated carbocycles. The van der Waals surface area contributed by atoms with Crippen molar-refractivity contribution in [3.8, 4) is 0 Å². The molecule has 2 aliphatic heterocycles. The van der Waals surface area contributed by atoms with Crippen molar-refractivity contribution in [3.63, 3.8) is 0 Å². The smallest absolute Gasteiger partial charge is 0.0323 e. The van der Waals surface area contributed by atoms with Crippen LogP contribution >= 0.6 is 0 Å². The quantitative estimate of drug-likeness (QED) is 0.882. The molecule has 2 fully saturated rings. The number of benzene rings is 2. The summed E-state index contributed by atoms with van der Waals surface area (Å²) in [5.74, 6) is 1.60. The van der Waals surface area contributed by atoms with E-state index in [0.29, 0.717) is 12.1 Å². The lowest BCUT2D eigenvalue weighted by molar-refractivity contribution is 0.140. The summed E-state index contributed by atoms with van der Waals surface area (Å²) in [6, 6.07) is 22.8. The van der Waals surface area contributed by atoms with Gasteiger partial charge in [0.05, 0.1) is 0 Å². The molecule has 0 radical (unpaired) electrons. The van der Waals surface area contributed by atoms with Crippen LogP contribution < -0.4 is 10.6 Å². The molecule has 2 saturated heterocycles. The third-order valence-electron chi connectivity index (χ3n) is 5.40. The number of piperidine rings is 2. The molecule has 0 aliphatic carbocycles. The Bertz CT molecular complexity index is 540. The summed E-state index contributed by atoms with van der Waals surface area (Å²) in [7, 11) is 0. The Hall–Kier alpha value is -1.64. The first-order valence-corrected chi connectivity index (χ1v) is 8.47. The molecule has 4 unspecified atom stereocenters. The van der Waals surface area contributed by atoms with Crippen molar-refractivity contribution in [2.45, 2.75) is 24.9 Å². The molecule has 0 amide bonds. The monoisotopic (exact) mass is 292 g/mol. The maximum absolute atomic E-state index is 3.78. The summed E-state index contributed by atoms with van der Waals surface area (Å²) in [6.07, 6.45) is 2.51. The number of fused-ring (bicyclic) bond motifs is 1. The normalized spacial score (nSPS) is 31.5. The second-order valence-corrected chi connectivity index (χ2v) is 6.73. The van der Waals surface area contributed by atoms with Gasteiger partial charge in [-0.2, -0.15) is 0 Å². The maximum atomic E-state index is 3.78. The third kappa shape index (κ3) is 2.81. The van der Waals surface area contributed by atoms with E-state index in [2.05, 4.69) is 71.3 Å². The molecule has 114 valence electrons. The molecule has 0 aromatic heterocycles. The highest BCUT2D eigenvalue weighted by Gasteiger charge is 2.35. The predicted molar refractivity (Wildman–Crippen MR) is 90.6 cm³/mol. The topological polar surface area (TPSA) is 24.1 Å². The van der Waals surface area contributed by atoms with Crippen molar-refractivity contribution in [1.82, 2.24) is 10.6 Å². The highest BCUT2D eigenvalue weighted by atomic mass is 15.0. The Labute approximate surface area is 132 Å². The Morgan fingerprint density at radius 1 is 0.591 bits per heavy atom. The van der Waals surface area contributed by atoms with Crippen molar-refractivity contribution in [2.75, 3.05) is 13.1 Å². The van der Waals surface area contributed by atoms with Gasteiger partial charge in [0.25, 0.3) is 0 Å². The number of nitrogens with one attached hydrogen (secondary N) is 2. The number of hydrogen-bond donors (Lipinski definition) is 2. The molecular formula is C20H24N2. The standard InChI is InChI=1S/C20H24N2/c1-3-7-15(8-4-1)19-11-17-14-22-20(12-18(17)13-21-19)16-9-5-2-6-10-16/h1-10,17-22H,11-14H2. The molecule has 2 aliphatic rings. The van der Waals surface area contributed by atoms with Crippen LogP contribution in [0.2, 0.25) is 0 Å². The molecule has 4 rings (SSSR count). The fourth-order valence-electron chi connectivity index (χ4n) is 4.12. The van der Waals surface area contributed by atoms with E-state index >= 15 is 0 Å². The first-order valence-electron chi connectivity index (χ1n) is 8.47. The van der Waals surface area contributed by atoms with E-state index in [4.69, 9.17) is 0 Å². The number of rotatable bonds is 2. The lowest BCUT2D eigenvalue weighted by atomic mass is 9.74. The van der Waals surface area contributed by atoms with Crippen molar-refractivity contribution in [3.05, 3.63) is 71.8 Å². The third-order valence-corrected chi connectivity index (χ3v) is 5.40. The molecule has 2 nitrogen and oxygen atoms in total. The molecule has 2 heteroatoms. The molecule has 2 aromatic carbocycles. The van der Waals surface area contributed by atoms with Crippen LogP contribution in [0.25, 0.3) is 0 Å². The fraction of sp³-hybridized carbons (Fsp3) is 0.400. The average Bonchev–Trinajstić information content (AvgIpc) is 2.62. The summed E-state index contributed by atoms with van der Waals surface area (Å²) >= 11 is 0. The van der Waals surface area contributed by atoms with Crippen LogP contribution in [0.15, 0.2) is 60.7 Å². The Kier molecular flexibility index (Phi) is 3.96. The average molecular weight is 292 g/mol. The molecule has 0 bridgehead atoms. The van der Waals surface area contributed by atoms with Gasteiger partial charge in [-0.25, -0.2) is 0 Å². The molecule has 2 N–H and O–H groups in total. The van der Waals surface area contributed by atoms with Crippen LogP contribution in [0.4, 0.5) is 0 Å². The zero-order chi connectivity index (χ0) is 14.8. The van der Waals surface area contributed by atoms with E-state index < -0.39 is 0 Å². The second-order valence-electron chi connectivity index (χ2n) is 6.73. The molecule has 0 spiro atoms. The Balaban J connectivity index is 1.43. The van der Waals surface area contributed by atoms with Gasteiger partial charge in [-0.05, 0) is 48.9 Å². The lowest BCUT2D eigenvalue weighted by Crippen LogP contribution is -2.48. The van der Waals surface area contributed by atoms with Gasteiger partial charge >= 0.3 is 0 Å². The fourth-order valence-corrected chi connectivity index (χ4v) is 4.12. The first kappa shape index (κ1) is 14.0. The van der Waals surface area contributed by atoms with Gasteiger partial charge in [-0.1, -0.05) is 60.7 Å². The van der Waals surface area contributed by atoms with Gasteiger partial charge in [0, 0.05) is 12.1 Å². The Morgan fingerprint density at radius 2 is 1.00 bits per heavy atom. The highest BCUT2D eigenvalue weighted by Crippen LogP contribution is 2.38. The SMILES string of the molecule is c1ccc(C2CC3CNC(c4ccccc4)CC3CN2)cc1. The zero-order valence-corrected chi connectivity index (χ0v) is 12.9. The van der Waals surface area contributed by atoms with Crippen LogP contribution in [0.1, 0.15) is 36.1 Å². The molecule has 2 heterocycles. The first-order chi connectivity index (χ1) is 10.9. The highest BCUT2D eigenvalue weighted by molar-refractivity contribution is 5.22. The van der Waals surface area contributed by atoms with Crippen LogP contribution in [0.5, 0.6) is 0 Å². The largest absolute Gasteiger partial charge is 0.310 e. The molecule has 22 heavy (non-hydrogen) atoms. The number of hydrogen-bond acceptors (Lipinski definition) is 2. The van der Waals surface area contributed by atoms with Crippen molar-refractivity contribution in [1.29, 1.82) is 0 Å². The van der Waals surface area contributed by atoms with Gasteiger partial charge < -0.3 is 10.6 Å². The molecular weight excluding hydrogens is 268 g/mol. The summed E-state index contributed by atoms with van der Waals surface area (Å²) in [4.78, 5) is 0. The summed E-state index contributed by atoms with van der Waals surface area (Å²) < 4.78 is 0. The van der Waals surface area contributed by atoms with Crippen molar-refractivity contribution < 1.29 is 0 Å². The summed E-state index contributed by atoms with van der Waals surface area (Å²) in [5.41, 5.74) is 2.87. The second kappa shape index (κ2) is 6.23. The van der Waals surface area contributed by atoms with E-state index in [1.165, 1.54) is 24.0 Å².